The van der Waals surface area contributed by atoms with E-state index in [2.05, 4.69) is 52.5 Å². The van der Waals surface area contributed by atoms with Gasteiger partial charge in [0.05, 0.1) is 5.52 Å². The van der Waals surface area contributed by atoms with Crippen LogP contribution in [-0.2, 0) is 11.2 Å². The first-order valence-electron chi connectivity index (χ1n) is 14.7. The molecule has 2 saturated heterocycles. The summed E-state index contributed by atoms with van der Waals surface area (Å²) in [6.07, 6.45) is 8.01. The first-order valence-corrected chi connectivity index (χ1v) is 14.7. The Balaban J connectivity index is 1.26. The number of nitrogens with zero attached hydrogens (tertiary/aromatic N) is 7. The molecule has 1 aromatic carbocycles. The fraction of sp³-hybridized carbons (Fsp3) is 0.469. The number of likely N-dealkylation sites (tertiary alicyclic amines) is 1. The standard InChI is InChI=1S/C32H35N7O2/c1-4-28(40)39-12-11-38(18-24(39)17-33-2)31-30-27(35-32(36-31)41-19-23-8-6-10-37(23)3)15-22(16-34-30)25-9-5-7-20-13-21-14-26(21)29(20)25/h4-5,7,9,15-16,21,23-24,26H,1,6,8,10-14,17-19H2,3H3/t21-,23+,24+,26+/m1/s1. The Morgan fingerprint density at radius 2 is 2.15 bits per heavy atom. The van der Waals surface area contributed by atoms with Crippen LogP contribution in [0.1, 0.15) is 36.3 Å². The average molecular weight is 550 g/mol. The third-order valence-corrected chi connectivity index (χ3v) is 9.40. The number of hydrogen-bond donors (Lipinski definition) is 0. The maximum atomic E-state index is 12.5. The first-order chi connectivity index (χ1) is 20.0. The largest absolute Gasteiger partial charge is 0.462 e. The van der Waals surface area contributed by atoms with Gasteiger partial charge in [-0.3, -0.25) is 9.78 Å². The molecule has 2 aliphatic heterocycles. The van der Waals surface area contributed by atoms with Crippen LogP contribution >= 0.6 is 0 Å². The van der Waals surface area contributed by atoms with Gasteiger partial charge in [-0.2, -0.15) is 9.97 Å². The number of likely N-dealkylation sites (N-methyl/N-ethyl adjacent to an activating group) is 1. The lowest BCUT2D eigenvalue weighted by Crippen LogP contribution is -2.56. The summed E-state index contributed by atoms with van der Waals surface area (Å²) < 4.78 is 6.25. The summed E-state index contributed by atoms with van der Waals surface area (Å²) in [6, 6.07) is 9.19. The minimum absolute atomic E-state index is 0.147. The second-order valence-electron chi connectivity index (χ2n) is 11.9. The molecule has 1 saturated carbocycles. The molecule has 3 aromatic rings. The summed E-state index contributed by atoms with van der Waals surface area (Å²) in [7, 11) is 2.13. The molecule has 4 atom stereocenters. The van der Waals surface area contributed by atoms with E-state index in [1.807, 2.05) is 6.20 Å². The van der Waals surface area contributed by atoms with E-state index < -0.39 is 0 Å². The summed E-state index contributed by atoms with van der Waals surface area (Å²) in [4.78, 5) is 37.0. The van der Waals surface area contributed by atoms with Gasteiger partial charge in [0.2, 0.25) is 12.5 Å². The molecule has 0 N–H and O–H groups in total. The van der Waals surface area contributed by atoms with Crippen molar-refractivity contribution < 1.29 is 9.53 Å². The predicted octanol–water partition coefficient (Wildman–Crippen LogP) is 3.95. The summed E-state index contributed by atoms with van der Waals surface area (Å²) in [5.74, 6) is 2.02. The molecule has 9 heteroatoms. The van der Waals surface area contributed by atoms with Crippen molar-refractivity contribution in [2.45, 2.75) is 43.7 Å². The topological polar surface area (TPSA) is 79.1 Å². The highest BCUT2D eigenvalue weighted by Crippen LogP contribution is 2.58. The van der Waals surface area contributed by atoms with Crippen LogP contribution in [0.4, 0.5) is 5.82 Å². The summed E-state index contributed by atoms with van der Waals surface area (Å²) >= 11 is 0. The predicted molar refractivity (Wildman–Crippen MR) is 158 cm³/mol. The molecular weight excluding hydrogens is 514 g/mol. The minimum atomic E-state index is -0.258. The van der Waals surface area contributed by atoms with Crippen LogP contribution in [0.25, 0.3) is 27.0 Å². The third kappa shape index (κ3) is 4.70. The van der Waals surface area contributed by atoms with Gasteiger partial charge in [0.25, 0.3) is 0 Å². The number of hydrogen-bond acceptors (Lipinski definition) is 7. The highest BCUT2D eigenvalue weighted by atomic mass is 16.5. The monoisotopic (exact) mass is 549 g/mol. The van der Waals surface area contributed by atoms with Crippen LogP contribution in [0, 0.1) is 12.5 Å². The van der Waals surface area contributed by atoms with Crippen molar-refractivity contribution >= 4 is 22.8 Å². The van der Waals surface area contributed by atoms with Gasteiger partial charge in [-0.15, -0.1) is 0 Å². The van der Waals surface area contributed by atoms with E-state index in [-0.39, 0.29) is 18.5 Å². The van der Waals surface area contributed by atoms with Gasteiger partial charge in [0, 0.05) is 37.4 Å². The van der Waals surface area contributed by atoms with Crippen molar-refractivity contribution in [2.24, 2.45) is 5.92 Å². The number of piperazine rings is 1. The fourth-order valence-electron chi connectivity index (χ4n) is 7.08. The van der Waals surface area contributed by atoms with Crippen molar-refractivity contribution in [1.82, 2.24) is 24.8 Å². The molecule has 4 aliphatic rings. The molecule has 0 radical (unpaired) electrons. The van der Waals surface area contributed by atoms with Crippen LogP contribution < -0.4 is 9.64 Å². The average Bonchev–Trinajstić information content (AvgIpc) is 3.47. The Bertz CT molecular complexity index is 1570. The summed E-state index contributed by atoms with van der Waals surface area (Å²) in [5, 5.41) is 0. The SMILES string of the molecule is [C-]#[N+]C[C@H]1CN(c2nc(OC[C@@H]3CCCN3C)nc3cc(-c4cccc5c4[C@H]4C[C@H]4C5)cnc23)CCN1C(=O)C=C. The van der Waals surface area contributed by atoms with Crippen molar-refractivity contribution in [3.63, 3.8) is 0 Å². The second-order valence-corrected chi connectivity index (χ2v) is 11.9. The van der Waals surface area contributed by atoms with Crippen molar-refractivity contribution in [3.8, 4) is 17.1 Å². The first kappa shape index (κ1) is 25.9. The van der Waals surface area contributed by atoms with Crippen molar-refractivity contribution in [3.05, 3.63) is 65.7 Å². The van der Waals surface area contributed by atoms with Gasteiger partial charge in [0.1, 0.15) is 18.2 Å². The van der Waals surface area contributed by atoms with E-state index in [9.17, 15) is 4.79 Å². The number of carbonyl (C=O) groups excluding carboxylic acids is 1. The number of aromatic nitrogens is 3. The lowest BCUT2D eigenvalue weighted by Gasteiger charge is -2.39. The van der Waals surface area contributed by atoms with Crippen LogP contribution in [-0.4, -0.2) is 89.1 Å². The molecular formula is C32H35N7O2. The van der Waals surface area contributed by atoms with E-state index >= 15 is 0 Å². The number of fused-ring (bicyclic) bond motifs is 4. The van der Waals surface area contributed by atoms with E-state index in [0.29, 0.717) is 55.5 Å². The van der Waals surface area contributed by atoms with Crippen LogP contribution in [0.3, 0.4) is 0 Å². The zero-order valence-corrected chi connectivity index (χ0v) is 23.5. The highest BCUT2D eigenvalue weighted by molar-refractivity contribution is 5.90. The van der Waals surface area contributed by atoms with E-state index in [1.54, 1.807) is 4.90 Å². The van der Waals surface area contributed by atoms with E-state index in [0.717, 1.165) is 30.0 Å². The quantitative estimate of drug-likeness (QED) is 0.326. The number of benzene rings is 1. The maximum Gasteiger partial charge on any atom is 0.319 e. The zero-order valence-electron chi connectivity index (χ0n) is 23.5. The molecule has 0 spiro atoms. The van der Waals surface area contributed by atoms with Gasteiger partial charge >= 0.3 is 6.01 Å². The van der Waals surface area contributed by atoms with Crippen molar-refractivity contribution in [1.29, 1.82) is 0 Å². The van der Waals surface area contributed by atoms with Crippen LogP contribution in [0.5, 0.6) is 6.01 Å². The minimum Gasteiger partial charge on any atom is -0.462 e. The molecule has 4 heterocycles. The zero-order chi connectivity index (χ0) is 28.1. The normalized spacial score (nSPS) is 25.1. The molecule has 1 amide bonds. The number of pyridine rings is 1. The molecule has 2 aromatic heterocycles. The summed E-state index contributed by atoms with van der Waals surface area (Å²) in [6.45, 7) is 14.5. The van der Waals surface area contributed by atoms with E-state index in [1.165, 1.54) is 42.0 Å². The number of carbonyl (C=O) groups is 1. The Hall–Kier alpha value is -4.03. The summed E-state index contributed by atoms with van der Waals surface area (Å²) in [5.41, 5.74) is 6.73. The molecule has 41 heavy (non-hydrogen) atoms. The maximum absolute atomic E-state index is 12.5. The molecule has 0 unspecified atom stereocenters. The number of amides is 1. The van der Waals surface area contributed by atoms with Crippen molar-refractivity contribution in [2.75, 3.05) is 51.3 Å². The Kier molecular flexibility index (Phi) is 6.58. The molecule has 9 nitrogen and oxygen atoms in total. The number of rotatable bonds is 7. The Labute approximate surface area is 240 Å². The van der Waals surface area contributed by atoms with Gasteiger partial charge in [-0.05, 0) is 79.9 Å². The third-order valence-electron chi connectivity index (χ3n) is 9.40. The Morgan fingerprint density at radius 1 is 1.24 bits per heavy atom. The number of anilines is 1. The van der Waals surface area contributed by atoms with Gasteiger partial charge < -0.3 is 24.3 Å². The molecule has 210 valence electrons. The van der Waals surface area contributed by atoms with Gasteiger partial charge in [0.15, 0.2) is 5.82 Å². The fourth-order valence-corrected chi connectivity index (χ4v) is 7.08. The highest BCUT2D eigenvalue weighted by Gasteiger charge is 2.46. The molecule has 3 fully saturated rings. The lowest BCUT2D eigenvalue weighted by molar-refractivity contribution is -0.128. The Morgan fingerprint density at radius 3 is 2.95 bits per heavy atom. The van der Waals surface area contributed by atoms with Crippen LogP contribution in [0.2, 0.25) is 0 Å². The lowest BCUT2D eigenvalue weighted by atomic mass is 9.95. The second kappa shape index (κ2) is 10.4. The molecule has 7 rings (SSSR count). The molecule has 0 bridgehead atoms. The number of ether oxygens (including phenoxy) is 1. The van der Waals surface area contributed by atoms with Gasteiger partial charge in [-0.25, -0.2) is 6.57 Å². The van der Waals surface area contributed by atoms with Crippen LogP contribution in [0.15, 0.2) is 43.1 Å². The smallest absolute Gasteiger partial charge is 0.319 e. The van der Waals surface area contributed by atoms with E-state index in [4.69, 9.17) is 26.3 Å². The molecule has 2 aliphatic carbocycles. The van der Waals surface area contributed by atoms with Gasteiger partial charge in [-0.1, -0.05) is 24.8 Å².